The summed E-state index contributed by atoms with van der Waals surface area (Å²) in [5, 5.41) is 0.985. The quantitative estimate of drug-likeness (QED) is 0.209. The molecule has 0 aliphatic heterocycles. The van der Waals surface area contributed by atoms with Gasteiger partial charge in [0, 0.05) is 28.1 Å². The average molecular weight is 518 g/mol. The summed E-state index contributed by atoms with van der Waals surface area (Å²) in [6.45, 7) is 4.03. The van der Waals surface area contributed by atoms with Gasteiger partial charge in [0.25, 0.3) is 0 Å². The molecule has 0 aliphatic carbocycles. The third-order valence-electron chi connectivity index (χ3n) is 5.84. The van der Waals surface area contributed by atoms with Gasteiger partial charge < -0.3 is 10.5 Å². The van der Waals surface area contributed by atoms with Gasteiger partial charge in [-0.3, -0.25) is 4.57 Å². The summed E-state index contributed by atoms with van der Waals surface area (Å²) in [5.74, 6) is -1.29. The molecule has 0 aliphatic rings. The number of nitrogens with zero attached hydrogens (tertiary/aromatic N) is 2. The molecule has 0 saturated heterocycles. The number of imidazole rings is 1. The second-order valence-corrected chi connectivity index (χ2v) is 9.81. The molecule has 0 fully saturated rings. The average Bonchev–Trinajstić information content (AvgIpc) is 3.24. The maximum atomic E-state index is 14.4. The molecule has 3 aromatic carbocycles. The number of benzene rings is 3. The van der Waals surface area contributed by atoms with E-state index in [2.05, 4.69) is 4.98 Å². The van der Waals surface area contributed by atoms with E-state index in [1.54, 1.807) is 31.5 Å². The molecule has 0 saturated carbocycles. The number of aromatic nitrogens is 2. The number of anilines is 1. The molecule has 2 N–H and O–H groups in total. The minimum atomic E-state index is -0.719. The van der Waals surface area contributed by atoms with Crippen molar-refractivity contribution in [2.75, 3.05) is 12.8 Å². The maximum Gasteiger partial charge on any atom is 0.173 e. The maximum absolute atomic E-state index is 14.4. The van der Waals surface area contributed by atoms with Gasteiger partial charge >= 0.3 is 0 Å². The first-order valence-corrected chi connectivity index (χ1v) is 12.0. The van der Waals surface area contributed by atoms with Crippen LogP contribution in [0.2, 0.25) is 5.02 Å². The molecule has 0 radical (unpaired) electrons. The first-order valence-electron chi connectivity index (χ1n) is 10.7. The van der Waals surface area contributed by atoms with Crippen LogP contribution in [0.3, 0.4) is 0 Å². The van der Waals surface area contributed by atoms with Crippen LogP contribution in [0.15, 0.2) is 66.0 Å². The zero-order valence-corrected chi connectivity index (χ0v) is 20.9. The lowest BCUT2D eigenvalue weighted by molar-refractivity contribution is 0.413. The van der Waals surface area contributed by atoms with Crippen LogP contribution in [-0.2, 0) is 11.2 Å². The first kappa shape index (κ1) is 25.0. The molecule has 0 amide bonds. The number of rotatable bonds is 7. The molecule has 1 heterocycles. The van der Waals surface area contributed by atoms with Crippen LogP contribution < -0.4 is 10.5 Å². The molecule has 1 aromatic heterocycles. The van der Waals surface area contributed by atoms with Gasteiger partial charge in [0.15, 0.2) is 5.16 Å². The number of halogens is 4. The van der Waals surface area contributed by atoms with Gasteiger partial charge in [-0.2, -0.15) is 0 Å². The van der Waals surface area contributed by atoms with Crippen molar-refractivity contribution < 1.29 is 17.9 Å². The van der Waals surface area contributed by atoms with E-state index >= 15 is 0 Å². The van der Waals surface area contributed by atoms with E-state index in [1.807, 2.05) is 30.5 Å². The van der Waals surface area contributed by atoms with Crippen LogP contribution in [0.4, 0.5) is 18.9 Å². The number of hydrogen-bond acceptors (Lipinski definition) is 4. The summed E-state index contributed by atoms with van der Waals surface area (Å²) in [4.78, 5) is 4.56. The van der Waals surface area contributed by atoms with Gasteiger partial charge in [-0.15, -0.1) is 0 Å². The standard InChI is InChI=1S/C26H23ClF3N3OS/c1-26(2,15-4-9-20(27)23(10-15)34-3)24-13-32-25(33(24)18-7-5-16(28)6-8-18)35-14-19-21(29)11-17(31)12-22(19)30/h4-13H,14,31H2,1-3H3. The van der Waals surface area contributed by atoms with E-state index < -0.39 is 17.0 Å². The Bertz CT molecular complexity index is 1350. The fraction of sp³-hybridized carbons (Fsp3) is 0.192. The summed E-state index contributed by atoms with van der Waals surface area (Å²) in [7, 11) is 1.55. The lowest BCUT2D eigenvalue weighted by Gasteiger charge is -2.28. The van der Waals surface area contributed by atoms with E-state index in [0.29, 0.717) is 21.6 Å². The van der Waals surface area contributed by atoms with Crippen molar-refractivity contribution >= 4 is 29.1 Å². The highest BCUT2D eigenvalue weighted by molar-refractivity contribution is 7.98. The number of ether oxygens (including phenoxy) is 1. The van der Waals surface area contributed by atoms with Crippen molar-refractivity contribution in [3.63, 3.8) is 0 Å². The molecule has 4 rings (SSSR count). The van der Waals surface area contributed by atoms with Crippen LogP contribution in [0, 0.1) is 17.5 Å². The van der Waals surface area contributed by atoms with E-state index in [0.717, 1.165) is 23.4 Å². The predicted octanol–water partition coefficient (Wildman–Crippen LogP) is 7.15. The molecule has 4 aromatic rings. The molecule has 0 spiro atoms. The van der Waals surface area contributed by atoms with Crippen LogP contribution in [0.25, 0.3) is 5.69 Å². The minimum Gasteiger partial charge on any atom is -0.495 e. The number of nitrogen functional groups attached to an aromatic ring is 1. The zero-order valence-electron chi connectivity index (χ0n) is 19.3. The van der Waals surface area contributed by atoms with Crippen molar-refractivity contribution in [2.24, 2.45) is 0 Å². The fourth-order valence-electron chi connectivity index (χ4n) is 3.81. The number of methoxy groups -OCH3 is 1. The molecule has 0 atom stereocenters. The largest absolute Gasteiger partial charge is 0.495 e. The molecule has 4 nitrogen and oxygen atoms in total. The lowest BCUT2D eigenvalue weighted by Crippen LogP contribution is -2.23. The van der Waals surface area contributed by atoms with Crippen molar-refractivity contribution in [1.82, 2.24) is 9.55 Å². The number of hydrogen-bond donors (Lipinski definition) is 1. The van der Waals surface area contributed by atoms with E-state index in [9.17, 15) is 13.2 Å². The molecular formula is C26H23ClF3N3OS. The van der Waals surface area contributed by atoms with E-state index in [-0.39, 0.29) is 22.8 Å². The highest BCUT2D eigenvalue weighted by Crippen LogP contribution is 2.39. The molecule has 0 unspecified atom stereocenters. The smallest absolute Gasteiger partial charge is 0.173 e. The SMILES string of the molecule is COc1cc(C(C)(C)c2cnc(SCc3c(F)cc(N)cc3F)n2-c2ccc(F)cc2)ccc1Cl. The first-order chi connectivity index (χ1) is 16.6. The number of nitrogens with two attached hydrogens (primary N) is 1. The fourth-order valence-corrected chi connectivity index (χ4v) is 5.01. The van der Waals surface area contributed by atoms with E-state index in [4.69, 9.17) is 22.1 Å². The molecule has 0 bridgehead atoms. The summed E-state index contributed by atoms with van der Waals surface area (Å²) in [5.41, 5.74) is 7.23. The Balaban J connectivity index is 1.79. The van der Waals surface area contributed by atoms with Gasteiger partial charge in [0.1, 0.15) is 23.2 Å². The third-order valence-corrected chi connectivity index (χ3v) is 7.13. The van der Waals surface area contributed by atoms with Gasteiger partial charge in [-0.1, -0.05) is 43.3 Å². The van der Waals surface area contributed by atoms with Gasteiger partial charge in [-0.05, 0) is 54.1 Å². The second kappa shape index (κ2) is 9.87. The van der Waals surface area contributed by atoms with Crippen LogP contribution in [0.1, 0.15) is 30.7 Å². The van der Waals surface area contributed by atoms with Gasteiger partial charge in [0.05, 0.1) is 24.0 Å². The highest BCUT2D eigenvalue weighted by atomic mass is 35.5. The number of thioether (sulfide) groups is 1. The summed E-state index contributed by atoms with van der Waals surface area (Å²) in [6.07, 6.45) is 1.71. The van der Waals surface area contributed by atoms with Crippen molar-refractivity contribution in [3.05, 3.63) is 100 Å². The van der Waals surface area contributed by atoms with Gasteiger partial charge in [0.2, 0.25) is 0 Å². The van der Waals surface area contributed by atoms with Crippen molar-refractivity contribution in [2.45, 2.75) is 30.2 Å². The van der Waals surface area contributed by atoms with Gasteiger partial charge in [-0.25, -0.2) is 18.2 Å². The Morgan fingerprint density at radius 1 is 1.03 bits per heavy atom. The predicted molar refractivity (Wildman–Crippen MR) is 134 cm³/mol. The Hall–Kier alpha value is -3.10. The Labute approximate surface area is 210 Å². The summed E-state index contributed by atoms with van der Waals surface area (Å²) < 4.78 is 49.7. The summed E-state index contributed by atoms with van der Waals surface area (Å²) in [6, 6.07) is 13.7. The van der Waals surface area contributed by atoms with Crippen molar-refractivity contribution in [3.8, 4) is 11.4 Å². The van der Waals surface area contributed by atoms with Crippen LogP contribution >= 0.6 is 23.4 Å². The normalized spacial score (nSPS) is 11.6. The lowest BCUT2D eigenvalue weighted by atomic mass is 9.81. The summed E-state index contributed by atoms with van der Waals surface area (Å²) >= 11 is 7.39. The van der Waals surface area contributed by atoms with E-state index in [1.165, 1.54) is 23.9 Å². The molecular weight excluding hydrogens is 495 g/mol. The minimum absolute atomic E-state index is 0.00914. The van der Waals surface area contributed by atoms with Crippen molar-refractivity contribution in [1.29, 1.82) is 0 Å². The van der Waals surface area contributed by atoms with Crippen LogP contribution in [0.5, 0.6) is 5.75 Å². The Morgan fingerprint density at radius 3 is 2.31 bits per heavy atom. The Kier molecular flexibility index (Phi) is 7.05. The highest BCUT2D eigenvalue weighted by Gasteiger charge is 2.30. The topological polar surface area (TPSA) is 53.1 Å². The monoisotopic (exact) mass is 517 g/mol. The molecule has 35 heavy (non-hydrogen) atoms. The zero-order chi connectivity index (χ0) is 25.3. The molecule has 9 heteroatoms. The third kappa shape index (κ3) is 4.99. The second-order valence-electron chi connectivity index (χ2n) is 8.46. The molecule has 182 valence electrons. The van der Waals surface area contributed by atoms with Crippen LogP contribution in [-0.4, -0.2) is 16.7 Å². The Morgan fingerprint density at radius 2 is 1.69 bits per heavy atom.